The van der Waals surface area contributed by atoms with Gasteiger partial charge in [-0.2, -0.15) is 5.10 Å². The Labute approximate surface area is 183 Å². The maximum Gasteiger partial charge on any atom is 0.410 e. The molecule has 8 nitrogen and oxygen atoms in total. The van der Waals surface area contributed by atoms with Gasteiger partial charge in [0.15, 0.2) is 0 Å². The van der Waals surface area contributed by atoms with Crippen LogP contribution >= 0.6 is 0 Å². The first-order valence-electron chi connectivity index (χ1n) is 10.7. The molecule has 0 saturated carbocycles. The van der Waals surface area contributed by atoms with E-state index in [1.807, 2.05) is 33.9 Å². The lowest BCUT2D eigenvalue weighted by Crippen LogP contribution is -2.37. The van der Waals surface area contributed by atoms with Gasteiger partial charge in [0, 0.05) is 37.6 Å². The Morgan fingerprint density at radius 2 is 1.94 bits per heavy atom. The molecule has 3 heterocycles. The van der Waals surface area contributed by atoms with Crippen LogP contribution in [0.1, 0.15) is 73.3 Å². The summed E-state index contributed by atoms with van der Waals surface area (Å²) >= 11 is 0. The third-order valence-electron chi connectivity index (χ3n) is 5.53. The lowest BCUT2D eigenvalue weighted by Gasteiger charge is -2.26. The molecule has 1 amide bonds. The maximum absolute atomic E-state index is 12.4. The molecule has 0 radical (unpaired) electrons. The largest absolute Gasteiger partial charge is 0.465 e. The van der Waals surface area contributed by atoms with Crippen molar-refractivity contribution in [1.82, 2.24) is 19.7 Å². The molecule has 1 fully saturated rings. The summed E-state index contributed by atoms with van der Waals surface area (Å²) in [5.74, 6) is -0.367. The van der Waals surface area contributed by atoms with Gasteiger partial charge in [-0.15, -0.1) is 0 Å². The summed E-state index contributed by atoms with van der Waals surface area (Å²) in [5, 5.41) is 4.65. The van der Waals surface area contributed by atoms with Crippen molar-refractivity contribution in [1.29, 1.82) is 0 Å². The number of aromatic nitrogens is 3. The minimum Gasteiger partial charge on any atom is -0.465 e. The molecule has 0 N–H and O–H groups in total. The molecule has 0 spiro atoms. The Bertz CT molecular complexity index is 932. The van der Waals surface area contributed by atoms with Crippen LogP contribution in [-0.4, -0.2) is 57.5 Å². The highest BCUT2D eigenvalue weighted by Crippen LogP contribution is 2.27. The van der Waals surface area contributed by atoms with E-state index in [9.17, 15) is 9.59 Å². The number of rotatable bonds is 4. The highest BCUT2D eigenvalue weighted by molar-refractivity contribution is 5.90. The molecule has 3 rings (SSSR count). The van der Waals surface area contributed by atoms with Crippen molar-refractivity contribution >= 4 is 12.1 Å². The number of nitrogens with zero attached hydrogens (tertiary/aromatic N) is 4. The maximum atomic E-state index is 12.4. The van der Waals surface area contributed by atoms with Crippen LogP contribution in [0.25, 0.3) is 0 Å². The van der Waals surface area contributed by atoms with Crippen molar-refractivity contribution < 1.29 is 19.1 Å². The molecule has 168 valence electrons. The first-order chi connectivity index (χ1) is 14.7. The van der Waals surface area contributed by atoms with Gasteiger partial charge in [0.2, 0.25) is 0 Å². The monoisotopic (exact) mass is 428 g/mol. The number of pyridine rings is 1. The summed E-state index contributed by atoms with van der Waals surface area (Å²) in [6, 6.07) is 1.90. The van der Waals surface area contributed by atoms with Gasteiger partial charge in [0.05, 0.1) is 24.9 Å². The zero-order valence-corrected chi connectivity index (χ0v) is 19.1. The number of amides is 1. The zero-order valence-electron chi connectivity index (χ0n) is 19.1. The first-order valence-corrected chi connectivity index (χ1v) is 10.7. The molecule has 1 saturated heterocycles. The molecule has 2 aromatic heterocycles. The highest BCUT2D eigenvalue weighted by atomic mass is 16.6. The zero-order chi connectivity index (χ0) is 22.6. The number of ether oxygens (including phenoxy) is 2. The van der Waals surface area contributed by atoms with Crippen molar-refractivity contribution in [2.24, 2.45) is 0 Å². The summed E-state index contributed by atoms with van der Waals surface area (Å²) in [6.07, 6.45) is 8.12. The minimum atomic E-state index is -0.494. The standard InChI is InChI=1S/C23H32N4O4/c1-16-17(13-18-14-24-10-8-20(18)21(28)30-5)15-25-27(16)19-7-6-11-26(12-9-19)22(29)31-23(2,3)4/h8,10,14-15,19H,6-7,9,11-13H2,1-5H3/t19-/m0/s1. The summed E-state index contributed by atoms with van der Waals surface area (Å²) in [7, 11) is 1.38. The summed E-state index contributed by atoms with van der Waals surface area (Å²) in [5.41, 5.74) is 2.95. The van der Waals surface area contributed by atoms with Crippen LogP contribution in [0.3, 0.4) is 0 Å². The fourth-order valence-corrected chi connectivity index (χ4v) is 3.92. The van der Waals surface area contributed by atoms with Crippen LogP contribution < -0.4 is 0 Å². The van der Waals surface area contributed by atoms with Crippen molar-refractivity contribution in [3.05, 3.63) is 47.0 Å². The Balaban J connectivity index is 1.71. The Kier molecular flexibility index (Phi) is 6.97. The van der Waals surface area contributed by atoms with Crippen LogP contribution in [0, 0.1) is 6.92 Å². The molecule has 1 aliphatic rings. The van der Waals surface area contributed by atoms with Crippen molar-refractivity contribution in [3.63, 3.8) is 0 Å². The third kappa shape index (κ3) is 5.62. The molecule has 0 unspecified atom stereocenters. The van der Waals surface area contributed by atoms with E-state index < -0.39 is 5.60 Å². The Hall–Kier alpha value is -2.90. The van der Waals surface area contributed by atoms with E-state index >= 15 is 0 Å². The molecule has 1 aliphatic heterocycles. The van der Waals surface area contributed by atoms with E-state index in [1.165, 1.54) is 7.11 Å². The summed E-state index contributed by atoms with van der Waals surface area (Å²) < 4.78 is 12.5. The van der Waals surface area contributed by atoms with Crippen molar-refractivity contribution in [2.45, 2.75) is 65.0 Å². The molecular formula is C23H32N4O4. The molecule has 0 bridgehead atoms. The van der Waals surface area contributed by atoms with Gasteiger partial charge in [-0.1, -0.05) is 0 Å². The molecular weight excluding hydrogens is 396 g/mol. The van der Waals surface area contributed by atoms with Gasteiger partial charge in [-0.25, -0.2) is 9.59 Å². The van der Waals surface area contributed by atoms with Gasteiger partial charge in [0.1, 0.15) is 5.60 Å². The fraction of sp³-hybridized carbons (Fsp3) is 0.565. The molecule has 0 aromatic carbocycles. The molecule has 8 heteroatoms. The average Bonchev–Trinajstić information content (AvgIpc) is 2.92. The van der Waals surface area contributed by atoms with Gasteiger partial charge in [-0.3, -0.25) is 9.67 Å². The first kappa shape index (κ1) is 22.8. The van der Waals surface area contributed by atoms with Gasteiger partial charge < -0.3 is 14.4 Å². The number of carbonyl (C=O) groups excluding carboxylic acids is 2. The van der Waals surface area contributed by atoms with Crippen LogP contribution in [0.5, 0.6) is 0 Å². The van der Waals surface area contributed by atoms with E-state index in [0.717, 1.165) is 36.1 Å². The second-order valence-electron chi connectivity index (χ2n) is 8.95. The Morgan fingerprint density at radius 3 is 2.65 bits per heavy atom. The number of hydrogen-bond acceptors (Lipinski definition) is 6. The van der Waals surface area contributed by atoms with E-state index in [0.29, 0.717) is 25.1 Å². The van der Waals surface area contributed by atoms with Crippen molar-refractivity contribution in [2.75, 3.05) is 20.2 Å². The third-order valence-corrected chi connectivity index (χ3v) is 5.53. The smallest absolute Gasteiger partial charge is 0.410 e. The van der Waals surface area contributed by atoms with E-state index in [1.54, 1.807) is 23.4 Å². The predicted molar refractivity (Wildman–Crippen MR) is 116 cm³/mol. The second kappa shape index (κ2) is 9.49. The number of esters is 1. The number of likely N-dealkylation sites (tertiary alicyclic amines) is 1. The van der Waals surface area contributed by atoms with Crippen LogP contribution in [0.4, 0.5) is 4.79 Å². The second-order valence-corrected chi connectivity index (χ2v) is 8.95. The average molecular weight is 429 g/mol. The summed E-state index contributed by atoms with van der Waals surface area (Å²) in [4.78, 5) is 30.5. The topological polar surface area (TPSA) is 86.5 Å². The SMILES string of the molecule is COC(=O)c1ccncc1Cc1cnn([C@H]2CCCN(C(=O)OC(C)(C)C)CC2)c1C. The van der Waals surface area contributed by atoms with Crippen molar-refractivity contribution in [3.8, 4) is 0 Å². The molecule has 1 atom stereocenters. The van der Waals surface area contributed by atoms with E-state index in [-0.39, 0.29) is 18.1 Å². The molecule has 2 aromatic rings. The van der Waals surface area contributed by atoms with Crippen LogP contribution in [0.15, 0.2) is 24.7 Å². The Morgan fingerprint density at radius 1 is 1.16 bits per heavy atom. The lowest BCUT2D eigenvalue weighted by molar-refractivity contribution is 0.0255. The van der Waals surface area contributed by atoms with Gasteiger partial charge in [0.25, 0.3) is 0 Å². The van der Waals surface area contributed by atoms with Gasteiger partial charge in [-0.05, 0) is 64.2 Å². The number of carbonyl (C=O) groups is 2. The molecule has 0 aliphatic carbocycles. The van der Waals surface area contributed by atoms with Gasteiger partial charge >= 0.3 is 12.1 Å². The quantitative estimate of drug-likeness (QED) is 0.686. The lowest BCUT2D eigenvalue weighted by atomic mass is 10.0. The summed E-state index contributed by atoms with van der Waals surface area (Å²) in [6.45, 7) is 9.03. The van der Waals surface area contributed by atoms with E-state index in [2.05, 4.69) is 14.8 Å². The highest BCUT2D eigenvalue weighted by Gasteiger charge is 2.27. The predicted octanol–water partition coefficient (Wildman–Crippen LogP) is 3.93. The van der Waals surface area contributed by atoms with Crippen LogP contribution in [-0.2, 0) is 15.9 Å². The normalized spacial score (nSPS) is 17.2. The number of hydrogen-bond donors (Lipinski definition) is 0. The van der Waals surface area contributed by atoms with E-state index in [4.69, 9.17) is 9.47 Å². The van der Waals surface area contributed by atoms with Crippen LogP contribution in [0.2, 0.25) is 0 Å². The number of methoxy groups -OCH3 is 1. The fourth-order valence-electron chi connectivity index (χ4n) is 3.92. The molecule has 31 heavy (non-hydrogen) atoms. The minimum absolute atomic E-state index is 0.218.